The number of halogens is 1. The summed E-state index contributed by atoms with van der Waals surface area (Å²) in [6, 6.07) is 24.9. The lowest BCUT2D eigenvalue weighted by molar-refractivity contribution is 0.0935. The van der Waals surface area contributed by atoms with E-state index in [0.717, 1.165) is 21.3 Å². The van der Waals surface area contributed by atoms with Crippen LogP contribution in [0.3, 0.4) is 0 Å². The number of aromatic nitrogens is 1. The first-order valence-corrected chi connectivity index (χ1v) is 18.9. The number of nitrogens with zero attached hydrogens (tertiary/aromatic N) is 2. The summed E-state index contributed by atoms with van der Waals surface area (Å²) in [5, 5.41) is 9.70. The SMILES string of the molecule is CC(c1ccc(N)cc1)[C@H](C)NC[C@H](Cc1ccccn1)NC(=O)c1cc(C(=O)N[C@H](C)c2ccc(Br)cc2)cc(N2CCCNS2(=O)=O)c1. The number of carbonyl (C=O) groups excluding carboxylic acids is 2. The Morgan fingerprint density at radius 1 is 0.920 bits per heavy atom. The average molecular weight is 763 g/mol. The summed E-state index contributed by atoms with van der Waals surface area (Å²) >= 11 is 3.43. The molecule has 1 aromatic heterocycles. The van der Waals surface area contributed by atoms with Crippen molar-refractivity contribution < 1.29 is 18.0 Å². The zero-order valence-electron chi connectivity index (χ0n) is 28.4. The highest BCUT2D eigenvalue weighted by atomic mass is 79.9. The number of benzene rings is 3. The summed E-state index contributed by atoms with van der Waals surface area (Å²) in [5.41, 5.74) is 10.0. The van der Waals surface area contributed by atoms with Gasteiger partial charge in [-0.3, -0.25) is 18.9 Å². The van der Waals surface area contributed by atoms with Gasteiger partial charge in [0, 0.05) is 71.3 Å². The molecule has 0 bridgehead atoms. The molecule has 2 amide bonds. The van der Waals surface area contributed by atoms with Gasteiger partial charge in [-0.2, -0.15) is 13.1 Å². The highest BCUT2D eigenvalue weighted by Crippen LogP contribution is 2.25. The Labute approximate surface area is 302 Å². The third kappa shape index (κ3) is 9.69. The molecule has 3 aromatic carbocycles. The molecule has 0 radical (unpaired) electrons. The number of carbonyl (C=O) groups is 2. The van der Waals surface area contributed by atoms with Crippen LogP contribution in [0.2, 0.25) is 0 Å². The van der Waals surface area contributed by atoms with Crippen LogP contribution in [0, 0.1) is 0 Å². The molecule has 6 N–H and O–H groups in total. The number of nitrogen functional groups attached to an aromatic ring is 1. The van der Waals surface area contributed by atoms with E-state index in [1.807, 2.05) is 73.7 Å². The van der Waals surface area contributed by atoms with Crippen LogP contribution >= 0.6 is 15.9 Å². The molecular formula is C37H44BrN7O4S. The van der Waals surface area contributed by atoms with Gasteiger partial charge in [-0.25, -0.2) is 0 Å². The van der Waals surface area contributed by atoms with Gasteiger partial charge < -0.3 is 21.7 Å². The zero-order valence-corrected chi connectivity index (χ0v) is 30.8. The summed E-state index contributed by atoms with van der Waals surface area (Å²) in [7, 11) is -3.86. The van der Waals surface area contributed by atoms with Gasteiger partial charge in [-0.05, 0) is 91.9 Å². The van der Waals surface area contributed by atoms with Gasteiger partial charge in [-0.1, -0.05) is 53.2 Å². The second-order valence-electron chi connectivity index (χ2n) is 12.7. The van der Waals surface area contributed by atoms with Crippen LogP contribution in [-0.4, -0.2) is 56.9 Å². The van der Waals surface area contributed by atoms with E-state index in [-0.39, 0.29) is 47.4 Å². The van der Waals surface area contributed by atoms with E-state index < -0.39 is 22.0 Å². The quantitative estimate of drug-likeness (QED) is 0.119. The molecule has 4 aromatic rings. The monoisotopic (exact) mass is 761 g/mol. The topological polar surface area (TPSA) is 159 Å². The van der Waals surface area contributed by atoms with Gasteiger partial charge in [0.25, 0.3) is 11.8 Å². The minimum absolute atomic E-state index is 0.0601. The lowest BCUT2D eigenvalue weighted by atomic mass is 9.94. The van der Waals surface area contributed by atoms with Gasteiger partial charge >= 0.3 is 10.2 Å². The molecule has 1 aliphatic rings. The van der Waals surface area contributed by atoms with Crippen LogP contribution in [0.15, 0.2) is 95.6 Å². The van der Waals surface area contributed by atoms with E-state index in [0.29, 0.717) is 31.6 Å². The number of nitrogens with one attached hydrogen (secondary N) is 4. The van der Waals surface area contributed by atoms with Crippen molar-refractivity contribution in [3.05, 3.63) is 124 Å². The van der Waals surface area contributed by atoms with Crippen molar-refractivity contribution in [2.45, 2.75) is 57.7 Å². The number of hydrogen-bond acceptors (Lipinski definition) is 7. The third-order valence-electron chi connectivity index (χ3n) is 8.98. The first-order chi connectivity index (χ1) is 23.9. The molecule has 0 aliphatic carbocycles. The van der Waals surface area contributed by atoms with Crippen molar-refractivity contribution in [3.63, 3.8) is 0 Å². The molecule has 5 rings (SSSR count). The van der Waals surface area contributed by atoms with Crippen LogP contribution in [0.1, 0.15) is 76.7 Å². The summed E-state index contributed by atoms with van der Waals surface area (Å²) in [5.74, 6) is -0.707. The third-order valence-corrected chi connectivity index (χ3v) is 11.0. The fourth-order valence-electron chi connectivity index (χ4n) is 5.83. The zero-order chi connectivity index (χ0) is 35.8. The summed E-state index contributed by atoms with van der Waals surface area (Å²) in [6.45, 7) is 7.06. The molecule has 2 heterocycles. The fraction of sp³-hybridized carbons (Fsp3) is 0.324. The number of anilines is 2. The Balaban J connectivity index is 1.40. The van der Waals surface area contributed by atoms with Crippen LogP contribution in [-0.2, 0) is 16.6 Å². The lowest BCUT2D eigenvalue weighted by Crippen LogP contribution is -2.47. The van der Waals surface area contributed by atoms with E-state index in [2.05, 4.69) is 55.4 Å². The van der Waals surface area contributed by atoms with E-state index in [1.165, 1.54) is 22.5 Å². The van der Waals surface area contributed by atoms with Gasteiger partial charge in [0.05, 0.1) is 11.7 Å². The number of amides is 2. The summed E-state index contributed by atoms with van der Waals surface area (Å²) in [4.78, 5) is 32.2. The van der Waals surface area contributed by atoms with Crippen molar-refractivity contribution in [1.29, 1.82) is 0 Å². The van der Waals surface area contributed by atoms with Crippen molar-refractivity contribution in [3.8, 4) is 0 Å². The minimum Gasteiger partial charge on any atom is -0.399 e. The highest BCUT2D eigenvalue weighted by molar-refractivity contribution is 9.10. The Morgan fingerprint density at radius 3 is 2.22 bits per heavy atom. The standard InChI is InChI=1S/C37H44BrN7O4S/c1-24(27-10-14-32(39)15-11-27)25(2)41-23-34(22-33-7-4-5-16-40-33)44-37(47)30-19-29(20-35(21-30)45-18-6-17-42-50(45,48)49)36(46)43-26(3)28-8-12-31(38)13-9-28/h4-5,7-16,19-21,24-26,34,41-42H,6,17-18,22-23,39H2,1-3H3,(H,43,46)(H,44,47)/t24?,25-,26+,34-/m0/s1. The second kappa shape index (κ2) is 16.6. The fourth-order valence-corrected chi connectivity index (χ4v) is 7.40. The maximum Gasteiger partial charge on any atom is 0.301 e. The van der Waals surface area contributed by atoms with E-state index in [1.54, 1.807) is 6.20 Å². The normalized spacial score (nSPS) is 16.5. The Morgan fingerprint density at radius 2 is 1.58 bits per heavy atom. The summed E-state index contributed by atoms with van der Waals surface area (Å²) < 4.78 is 30.7. The van der Waals surface area contributed by atoms with E-state index in [4.69, 9.17) is 5.73 Å². The summed E-state index contributed by atoms with van der Waals surface area (Å²) in [6.07, 6.45) is 2.73. The van der Waals surface area contributed by atoms with E-state index >= 15 is 0 Å². The second-order valence-corrected chi connectivity index (χ2v) is 15.3. The van der Waals surface area contributed by atoms with Crippen molar-refractivity contribution in [2.75, 3.05) is 29.7 Å². The van der Waals surface area contributed by atoms with Crippen molar-refractivity contribution >= 4 is 49.3 Å². The van der Waals surface area contributed by atoms with Crippen LogP contribution in [0.5, 0.6) is 0 Å². The molecule has 0 spiro atoms. The minimum atomic E-state index is -3.86. The van der Waals surface area contributed by atoms with Crippen LogP contribution in [0.4, 0.5) is 11.4 Å². The Bertz CT molecular complexity index is 1880. The molecule has 50 heavy (non-hydrogen) atoms. The molecule has 11 nitrogen and oxygen atoms in total. The first kappa shape index (κ1) is 37.0. The maximum atomic E-state index is 14.0. The van der Waals surface area contributed by atoms with Gasteiger partial charge in [0.1, 0.15) is 0 Å². The Kier molecular flexibility index (Phi) is 12.3. The molecule has 1 saturated heterocycles. The Hall–Kier alpha value is -4.30. The van der Waals surface area contributed by atoms with Crippen LogP contribution < -0.4 is 30.7 Å². The van der Waals surface area contributed by atoms with Crippen molar-refractivity contribution in [2.24, 2.45) is 0 Å². The molecule has 4 atom stereocenters. The predicted octanol–water partition coefficient (Wildman–Crippen LogP) is 5.08. The number of rotatable bonds is 13. The molecule has 1 fully saturated rings. The largest absolute Gasteiger partial charge is 0.399 e. The van der Waals surface area contributed by atoms with Gasteiger partial charge in [0.2, 0.25) is 0 Å². The molecule has 1 unspecified atom stereocenters. The molecule has 0 saturated carbocycles. The van der Waals surface area contributed by atoms with E-state index in [9.17, 15) is 18.0 Å². The average Bonchev–Trinajstić information content (AvgIpc) is 3.10. The highest BCUT2D eigenvalue weighted by Gasteiger charge is 2.28. The first-order valence-electron chi connectivity index (χ1n) is 16.7. The molecule has 1 aliphatic heterocycles. The number of hydrogen-bond donors (Lipinski definition) is 5. The molecular weight excluding hydrogens is 718 g/mol. The van der Waals surface area contributed by atoms with Gasteiger partial charge in [0.15, 0.2) is 0 Å². The maximum absolute atomic E-state index is 14.0. The molecule has 264 valence electrons. The van der Waals surface area contributed by atoms with Gasteiger partial charge in [-0.15, -0.1) is 0 Å². The number of nitrogens with two attached hydrogens (primary N) is 1. The lowest BCUT2D eigenvalue weighted by Gasteiger charge is -2.29. The smallest absolute Gasteiger partial charge is 0.301 e. The predicted molar refractivity (Wildman–Crippen MR) is 201 cm³/mol. The number of pyridine rings is 1. The van der Waals surface area contributed by atoms with Crippen LogP contribution in [0.25, 0.3) is 0 Å². The molecule has 13 heteroatoms. The van der Waals surface area contributed by atoms with Crippen molar-refractivity contribution in [1.82, 2.24) is 25.7 Å².